The molecule has 16 heteroatoms. The fourth-order valence-corrected chi connectivity index (χ4v) is 6.15. The topological polar surface area (TPSA) is 207 Å². The van der Waals surface area contributed by atoms with Crippen molar-refractivity contribution in [2.45, 2.75) is 50.8 Å². The number of aromatic nitrogens is 4. The highest BCUT2D eigenvalue weighted by atomic mass is 31.2. The molecule has 1 aromatic carbocycles. The zero-order valence-corrected chi connectivity index (χ0v) is 23.0. The Morgan fingerprint density at radius 1 is 1.32 bits per heavy atom. The zero-order valence-electron chi connectivity index (χ0n) is 22.1. The van der Waals surface area contributed by atoms with Crippen molar-refractivity contribution in [3.05, 3.63) is 47.0 Å². The number of hydrogen-bond acceptors (Lipinski definition) is 12. The molecule has 0 aliphatic carbocycles. The number of hydrogen-bond donors (Lipinski definition) is 4. The second-order valence-electron chi connectivity index (χ2n) is 9.87. The first kappa shape index (κ1) is 29.6. The van der Waals surface area contributed by atoms with Crippen LogP contribution in [0.5, 0.6) is 5.75 Å². The third-order valence-corrected chi connectivity index (χ3v) is 8.30. The molecule has 0 saturated carbocycles. The number of benzene rings is 1. The van der Waals surface area contributed by atoms with Gasteiger partial charge in [-0.15, -0.1) is 0 Å². The van der Waals surface area contributed by atoms with Crippen LogP contribution in [0.3, 0.4) is 0 Å². The van der Waals surface area contributed by atoms with Gasteiger partial charge in [0.2, 0.25) is 5.95 Å². The molecule has 3 aromatic rings. The lowest BCUT2D eigenvalue weighted by atomic mass is 9.92. The number of halogens is 1. The van der Waals surface area contributed by atoms with E-state index in [1.54, 1.807) is 44.2 Å². The maximum atomic E-state index is 14.4. The number of alkyl halides is 1. The van der Waals surface area contributed by atoms with Crippen LogP contribution in [-0.2, 0) is 23.4 Å². The Bertz CT molecular complexity index is 1450. The molecule has 6 atom stereocenters. The summed E-state index contributed by atoms with van der Waals surface area (Å²) in [6.45, 7) is 3.09. The van der Waals surface area contributed by atoms with E-state index < -0.39 is 62.3 Å². The van der Waals surface area contributed by atoms with Gasteiger partial charge in [0.1, 0.15) is 30.2 Å². The molecule has 1 aliphatic heterocycles. The SMILES string of the molecule is CC(C)OC(=O)[C@H](C)CP(=O)(OC[C@H]1O[C@@H](n2cnc3c(=O)[nH]c(N)nc32)C(N)(CF)[C@H]1O)Oc1ccccc1. The number of aliphatic hydroxyl groups excluding tert-OH is 1. The van der Waals surface area contributed by atoms with Crippen LogP contribution < -0.4 is 21.6 Å². The summed E-state index contributed by atoms with van der Waals surface area (Å²) in [5.74, 6) is -1.47. The van der Waals surface area contributed by atoms with Crippen LogP contribution in [0.25, 0.3) is 11.2 Å². The van der Waals surface area contributed by atoms with Crippen molar-refractivity contribution in [3.63, 3.8) is 0 Å². The average Bonchev–Trinajstić information content (AvgIpc) is 3.42. The van der Waals surface area contributed by atoms with Gasteiger partial charge in [0.25, 0.3) is 5.56 Å². The molecule has 4 rings (SSSR count). The summed E-state index contributed by atoms with van der Waals surface area (Å²) in [6, 6.07) is 8.18. The molecule has 218 valence electrons. The minimum Gasteiger partial charge on any atom is -0.463 e. The quantitative estimate of drug-likeness (QED) is 0.187. The Hall–Kier alpha value is -3.36. The van der Waals surface area contributed by atoms with Crippen LogP contribution in [-0.4, -0.2) is 73.9 Å². The number of nitrogens with one attached hydrogen (secondary N) is 1. The van der Waals surface area contributed by atoms with Crippen molar-refractivity contribution in [1.82, 2.24) is 19.5 Å². The maximum absolute atomic E-state index is 14.4. The summed E-state index contributed by atoms with van der Waals surface area (Å²) in [5, 5.41) is 11.0. The summed E-state index contributed by atoms with van der Waals surface area (Å²) in [5.41, 5.74) is 9.11. The van der Waals surface area contributed by atoms with Crippen molar-refractivity contribution >= 4 is 30.7 Å². The molecule has 0 bridgehead atoms. The Kier molecular flexibility index (Phi) is 8.61. The zero-order chi connectivity index (χ0) is 29.2. The van der Waals surface area contributed by atoms with E-state index in [1.807, 2.05) is 0 Å². The maximum Gasteiger partial charge on any atom is 0.380 e. The number of nitrogens with zero attached hydrogens (tertiary/aromatic N) is 3. The van der Waals surface area contributed by atoms with Gasteiger partial charge >= 0.3 is 13.6 Å². The fourth-order valence-electron chi connectivity index (χ4n) is 4.28. The second kappa shape index (κ2) is 11.6. The number of nitrogen functional groups attached to an aromatic ring is 1. The molecule has 3 heterocycles. The Balaban J connectivity index is 1.58. The molecule has 2 unspecified atom stereocenters. The van der Waals surface area contributed by atoms with Crippen LogP contribution in [0.2, 0.25) is 0 Å². The first-order chi connectivity index (χ1) is 18.9. The number of nitrogens with two attached hydrogens (primary N) is 2. The molecule has 1 aliphatic rings. The lowest BCUT2D eigenvalue weighted by Gasteiger charge is -2.30. The Morgan fingerprint density at radius 3 is 2.67 bits per heavy atom. The molecular weight excluding hydrogens is 550 g/mol. The average molecular weight is 583 g/mol. The molecule has 6 N–H and O–H groups in total. The molecule has 1 saturated heterocycles. The van der Waals surface area contributed by atoms with E-state index in [1.165, 1.54) is 11.5 Å². The largest absolute Gasteiger partial charge is 0.463 e. The molecule has 0 amide bonds. The number of carbonyl (C=O) groups is 1. The standard InChI is InChI=1S/C24H32FN6O8P/c1-13(2)37-21(34)14(3)10-40(35,39-15-7-5-4-6-8-15)36-9-16-18(32)24(27,11-25)22(38-16)31-12-28-17-19(31)29-23(26)30-20(17)33/h4-8,12-14,16,18,22,32H,9-11,27H2,1-3H3,(H3,26,29,30,33)/t14-,16-,18+,22-,24?,40?/m1/s1. The van der Waals surface area contributed by atoms with Gasteiger partial charge in [-0.25, -0.2) is 13.9 Å². The van der Waals surface area contributed by atoms with Crippen LogP contribution in [0.4, 0.5) is 10.3 Å². The molecule has 2 aromatic heterocycles. The number of carbonyl (C=O) groups excluding carboxylic acids is 1. The van der Waals surface area contributed by atoms with E-state index in [4.69, 9.17) is 30.0 Å². The lowest BCUT2D eigenvalue weighted by molar-refractivity contribution is -0.151. The van der Waals surface area contributed by atoms with Crippen molar-refractivity contribution in [2.75, 3.05) is 25.2 Å². The van der Waals surface area contributed by atoms with Crippen molar-refractivity contribution in [1.29, 1.82) is 0 Å². The Labute approximate surface area is 228 Å². The highest BCUT2D eigenvalue weighted by Gasteiger charge is 2.56. The van der Waals surface area contributed by atoms with Gasteiger partial charge in [-0.05, 0) is 26.0 Å². The summed E-state index contributed by atoms with van der Waals surface area (Å²) in [7, 11) is -4.08. The van der Waals surface area contributed by atoms with E-state index >= 15 is 0 Å². The van der Waals surface area contributed by atoms with Crippen molar-refractivity contribution in [2.24, 2.45) is 11.7 Å². The number of para-hydroxylation sites is 1. The summed E-state index contributed by atoms with van der Waals surface area (Å²) >= 11 is 0. The molecule has 40 heavy (non-hydrogen) atoms. The van der Waals surface area contributed by atoms with Gasteiger partial charge in [0.15, 0.2) is 17.4 Å². The highest BCUT2D eigenvalue weighted by Crippen LogP contribution is 2.51. The van der Waals surface area contributed by atoms with Gasteiger partial charge in [0, 0.05) is 0 Å². The van der Waals surface area contributed by atoms with Gasteiger partial charge in [-0.3, -0.25) is 23.7 Å². The normalized spacial score (nSPS) is 25.1. The number of fused-ring (bicyclic) bond motifs is 1. The summed E-state index contributed by atoms with van der Waals surface area (Å²) in [4.78, 5) is 34.9. The number of imidazole rings is 1. The smallest absolute Gasteiger partial charge is 0.380 e. The van der Waals surface area contributed by atoms with Crippen LogP contribution >= 0.6 is 7.60 Å². The molecule has 0 radical (unpaired) electrons. The minimum atomic E-state index is -4.08. The fraction of sp³-hybridized carbons (Fsp3) is 0.500. The minimum absolute atomic E-state index is 0.0427. The third kappa shape index (κ3) is 6.03. The number of rotatable bonds is 11. The third-order valence-electron chi connectivity index (χ3n) is 6.28. The van der Waals surface area contributed by atoms with E-state index in [-0.39, 0.29) is 35.1 Å². The first-order valence-corrected chi connectivity index (χ1v) is 14.2. The predicted octanol–water partition coefficient (Wildman–Crippen LogP) is 1.50. The monoisotopic (exact) mass is 582 g/mol. The Morgan fingerprint density at radius 2 is 2.02 bits per heavy atom. The number of aromatic amines is 1. The van der Waals surface area contributed by atoms with Gasteiger partial charge < -0.3 is 30.6 Å². The predicted molar refractivity (Wildman–Crippen MR) is 141 cm³/mol. The number of H-pyrrole nitrogens is 1. The number of aliphatic hydroxyl groups is 1. The van der Waals surface area contributed by atoms with Crippen molar-refractivity contribution < 1.29 is 37.4 Å². The van der Waals surface area contributed by atoms with E-state index in [0.717, 1.165) is 6.33 Å². The summed E-state index contributed by atoms with van der Waals surface area (Å²) < 4.78 is 51.9. The van der Waals surface area contributed by atoms with Crippen LogP contribution in [0.1, 0.15) is 27.0 Å². The molecule has 0 spiro atoms. The molecule has 1 fully saturated rings. The van der Waals surface area contributed by atoms with E-state index in [2.05, 4.69) is 15.0 Å². The number of ether oxygens (including phenoxy) is 2. The number of anilines is 1. The van der Waals surface area contributed by atoms with Crippen molar-refractivity contribution in [3.8, 4) is 5.75 Å². The highest BCUT2D eigenvalue weighted by molar-refractivity contribution is 7.54. The van der Waals surface area contributed by atoms with E-state index in [0.29, 0.717) is 0 Å². The second-order valence-corrected chi connectivity index (χ2v) is 11.9. The van der Waals surface area contributed by atoms with Gasteiger partial charge in [-0.2, -0.15) is 4.98 Å². The molecular formula is C24H32FN6O8P. The molecule has 14 nitrogen and oxygen atoms in total. The van der Waals surface area contributed by atoms with E-state index in [9.17, 15) is 23.7 Å². The van der Waals surface area contributed by atoms with Crippen LogP contribution in [0, 0.1) is 5.92 Å². The van der Waals surface area contributed by atoms with Crippen LogP contribution in [0.15, 0.2) is 41.5 Å². The first-order valence-electron chi connectivity index (χ1n) is 12.5. The van der Waals surface area contributed by atoms with Gasteiger partial charge in [-0.1, -0.05) is 25.1 Å². The summed E-state index contributed by atoms with van der Waals surface area (Å²) in [6.07, 6.45) is -3.93. The number of esters is 1. The lowest BCUT2D eigenvalue weighted by Crippen LogP contribution is -2.56. The van der Waals surface area contributed by atoms with Gasteiger partial charge in [0.05, 0.1) is 31.1 Å².